The standard InChI is InChI=1S/C25H25N3O4/c1-2-30-23-16-18(12-13-22(23)32-15-14-31-19-8-4-3-5-9-19)25(29)26-17-24-27-20-10-6-7-11-21(20)28-24/h3-13,16H,2,14-15,17H2,1H3,(H,26,29)(H,27,28). The summed E-state index contributed by atoms with van der Waals surface area (Å²) < 4.78 is 17.1. The van der Waals surface area contributed by atoms with Gasteiger partial charge in [-0.3, -0.25) is 4.79 Å². The highest BCUT2D eigenvalue weighted by atomic mass is 16.5. The summed E-state index contributed by atoms with van der Waals surface area (Å²) in [5, 5.41) is 2.89. The Labute approximate surface area is 186 Å². The van der Waals surface area contributed by atoms with Crippen molar-refractivity contribution in [3.8, 4) is 17.2 Å². The van der Waals surface area contributed by atoms with Gasteiger partial charge < -0.3 is 24.5 Å². The van der Waals surface area contributed by atoms with Gasteiger partial charge in [0.1, 0.15) is 24.8 Å². The Balaban J connectivity index is 1.34. The zero-order valence-electron chi connectivity index (χ0n) is 17.8. The van der Waals surface area contributed by atoms with Gasteiger partial charge in [-0.15, -0.1) is 0 Å². The van der Waals surface area contributed by atoms with Gasteiger partial charge in [0.05, 0.1) is 24.2 Å². The summed E-state index contributed by atoms with van der Waals surface area (Å²) in [5.74, 6) is 2.35. The Kier molecular flexibility index (Phi) is 6.87. The lowest BCUT2D eigenvalue weighted by Gasteiger charge is -2.14. The molecule has 1 heterocycles. The van der Waals surface area contributed by atoms with Gasteiger partial charge in [0.15, 0.2) is 11.5 Å². The zero-order valence-corrected chi connectivity index (χ0v) is 17.8. The van der Waals surface area contributed by atoms with Crippen molar-refractivity contribution in [2.24, 2.45) is 0 Å². The number of para-hydroxylation sites is 3. The Morgan fingerprint density at radius 3 is 2.50 bits per heavy atom. The molecule has 4 rings (SSSR count). The number of nitrogens with one attached hydrogen (secondary N) is 2. The van der Waals surface area contributed by atoms with E-state index in [1.54, 1.807) is 18.2 Å². The largest absolute Gasteiger partial charge is 0.490 e. The highest BCUT2D eigenvalue weighted by molar-refractivity contribution is 5.94. The summed E-state index contributed by atoms with van der Waals surface area (Å²) in [6, 6.07) is 22.4. The van der Waals surface area contributed by atoms with Crippen LogP contribution in [0.25, 0.3) is 11.0 Å². The Bertz CT molecular complexity index is 1140. The van der Waals surface area contributed by atoms with Crippen molar-refractivity contribution in [3.05, 3.63) is 84.2 Å². The van der Waals surface area contributed by atoms with E-state index in [1.807, 2.05) is 61.5 Å². The number of benzene rings is 3. The molecule has 7 heteroatoms. The monoisotopic (exact) mass is 431 g/mol. The second-order valence-corrected chi connectivity index (χ2v) is 6.99. The lowest BCUT2D eigenvalue weighted by Crippen LogP contribution is -2.23. The first-order valence-electron chi connectivity index (χ1n) is 10.5. The number of H-pyrrole nitrogens is 1. The molecule has 1 amide bonds. The van der Waals surface area contributed by atoms with Crippen LogP contribution in [0.1, 0.15) is 23.1 Å². The highest BCUT2D eigenvalue weighted by Crippen LogP contribution is 2.28. The number of hydrogen-bond donors (Lipinski definition) is 2. The molecular weight excluding hydrogens is 406 g/mol. The molecule has 0 aliphatic rings. The molecule has 7 nitrogen and oxygen atoms in total. The second-order valence-electron chi connectivity index (χ2n) is 6.99. The van der Waals surface area contributed by atoms with Crippen molar-refractivity contribution in [1.82, 2.24) is 15.3 Å². The number of carbonyl (C=O) groups excluding carboxylic acids is 1. The number of aromatic nitrogens is 2. The Morgan fingerprint density at radius 2 is 1.69 bits per heavy atom. The van der Waals surface area contributed by atoms with E-state index >= 15 is 0 Å². The number of ether oxygens (including phenoxy) is 3. The van der Waals surface area contributed by atoms with Crippen molar-refractivity contribution < 1.29 is 19.0 Å². The number of aromatic amines is 1. The lowest BCUT2D eigenvalue weighted by atomic mass is 10.2. The molecule has 0 spiro atoms. The minimum absolute atomic E-state index is 0.217. The fourth-order valence-corrected chi connectivity index (χ4v) is 3.22. The maximum atomic E-state index is 12.6. The minimum Gasteiger partial charge on any atom is -0.490 e. The fourth-order valence-electron chi connectivity index (χ4n) is 3.22. The molecule has 32 heavy (non-hydrogen) atoms. The lowest BCUT2D eigenvalue weighted by molar-refractivity contribution is 0.0949. The van der Waals surface area contributed by atoms with E-state index in [0.717, 1.165) is 16.8 Å². The average molecular weight is 431 g/mol. The van der Waals surface area contributed by atoms with Gasteiger partial charge in [0, 0.05) is 5.56 Å². The number of carbonyl (C=O) groups is 1. The first-order chi connectivity index (χ1) is 15.7. The third kappa shape index (κ3) is 5.37. The molecule has 0 unspecified atom stereocenters. The molecule has 164 valence electrons. The molecular formula is C25H25N3O4. The maximum absolute atomic E-state index is 12.6. The van der Waals surface area contributed by atoms with Gasteiger partial charge in [-0.25, -0.2) is 4.98 Å². The third-order valence-electron chi connectivity index (χ3n) is 4.71. The van der Waals surface area contributed by atoms with Crippen LogP contribution < -0.4 is 19.5 Å². The van der Waals surface area contributed by atoms with Crippen LogP contribution in [-0.4, -0.2) is 35.7 Å². The summed E-state index contributed by atoms with van der Waals surface area (Å²) >= 11 is 0. The van der Waals surface area contributed by atoms with Gasteiger partial charge in [-0.2, -0.15) is 0 Å². The maximum Gasteiger partial charge on any atom is 0.251 e. The minimum atomic E-state index is -0.217. The predicted octanol–water partition coefficient (Wildman–Crippen LogP) is 4.35. The topological polar surface area (TPSA) is 85.5 Å². The molecule has 0 atom stereocenters. The fraction of sp³-hybridized carbons (Fsp3) is 0.200. The van der Waals surface area contributed by atoms with Crippen LogP contribution in [0.5, 0.6) is 17.2 Å². The van der Waals surface area contributed by atoms with Crippen molar-refractivity contribution in [2.45, 2.75) is 13.5 Å². The van der Waals surface area contributed by atoms with E-state index in [4.69, 9.17) is 14.2 Å². The van der Waals surface area contributed by atoms with Crippen LogP contribution in [0.4, 0.5) is 0 Å². The number of fused-ring (bicyclic) bond motifs is 1. The first kappa shape index (κ1) is 21.2. The van der Waals surface area contributed by atoms with Gasteiger partial charge in [-0.1, -0.05) is 30.3 Å². The first-order valence-corrected chi connectivity index (χ1v) is 10.5. The SMILES string of the molecule is CCOc1cc(C(=O)NCc2nc3ccccc3[nH]2)ccc1OCCOc1ccccc1. The van der Waals surface area contributed by atoms with E-state index in [1.165, 1.54) is 0 Å². The molecule has 0 radical (unpaired) electrons. The molecule has 0 aliphatic heterocycles. The number of amides is 1. The molecule has 0 fully saturated rings. The van der Waals surface area contributed by atoms with E-state index in [0.29, 0.717) is 49.3 Å². The normalized spacial score (nSPS) is 10.7. The molecule has 3 aromatic carbocycles. The number of hydrogen-bond acceptors (Lipinski definition) is 5. The Morgan fingerprint density at radius 1 is 0.906 bits per heavy atom. The molecule has 4 aromatic rings. The summed E-state index contributed by atoms with van der Waals surface area (Å²) in [6.07, 6.45) is 0. The summed E-state index contributed by atoms with van der Waals surface area (Å²) in [7, 11) is 0. The van der Waals surface area contributed by atoms with Gasteiger partial charge in [0.25, 0.3) is 5.91 Å². The van der Waals surface area contributed by atoms with Crippen molar-refractivity contribution in [1.29, 1.82) is 0 Å². The van der Waals surface area contributed by atoms with E-state index in [-0.39, 0.29) is 5.91 Å². The van der Waals surface area contributed by atoms with E-state index < -0.39 is 0 Å². The van der Waals surface area contributed by atoms with E-state index in [2.05, 4.69) is 15.3 Å². The summed E-state index contributed by atoms with van der Waals surface area (Å²) in [4.78, 5) is 20.3. The number of rotatable bonds is 10. The zero-order chi connectivity index (χ0) is 22.2. The van der Waals surface area contributed by atoms with Crippen LogP contribution in [0.3, 0.4) is 0 Å². The predicted molar refractivity (Wildman–Crippen MR) is 122 cm³/mol. The smallest absolute Gasteiger partial charge is 0.251 e. The van der Waals surface area contributed by atoms with Crippen molar-refractivity contribution in [3.63, 3.8) is 0 Å². The van der Waals surface area contributed by atoms with Gasteiger partial charge >= 0.3 is 0 Å². The third-order valence-corrected chi connectivity index (χ3v) is 4.71. The van der Waals surface area contributed by atoms with Crippen LogP contribution in [0.2, 0.25) is 0 Å². The second kappa shape index (κ2) is 10.3. The molecule has 0 saturated heterocycles. The van der Waals surface area contributed by atoms with Crippen LogP contribution >= 0.6 is 0 Å². The van der Waals surface area contributed by atoms with Gasteiger partial charge in [-0.05, 0) is 49.4 Å². The van der Waals surface area contributed by atoms with Gasteiger partial charge in [0.2, 0.25) is 0 Å². The highest BCUT2D eigenvalue weighted by Gasteiger charge is 2.13. The van der Waals surface area contributed by atoms with E-state index in [9.17, 15) is 4.79 Å². The van der Waals surface area contributed by atoms with Crippen molar-refractivity contribution in [2.75, 3.05) is 19.8 Å². The number of imidazole rings is 1. The van der Waals surface area contributed by atoms with Crippen molar-refractivity contribution >= 4 is 16.9 Å². The molecule has 2 N–H and O–H groups in total. The summed E-state index contributed by atoms with van der Waals surface area (Å²) in [6.45, 7) is 3.39. The number of nitrogens with zero attached hydrogens (tertiary/aromatic N) is 1. The Hall–Kier alpha value is -4.00. The quantitative estimate of drug-likeness (QED) is 0.365. The molecule has 1 aromatic heterocycles. The molecule has 0 saturated carbocycles. The van der Waals surface area contributed by atoms with Crippen LogP contribution in [0.15, 0.2) is 72.8 Å². The average Bonchev–Trinajstić information content (AvgIpc) is 3.25. The molecule has 0 aliphatic carbocycles. The summed E-state index contributed by atoms with van der Waals surface area (Å²) in [5.41, 5.74) is 2.29. The van der Waals surface area contributed by atoms with Crippen LogP contribution in [0, 0.1) is 0 Å². The van der Waals surface area contributed by atoms with Crippen LogP contribution in [-0.2, 0) is 6.54 Å². The molecule has 0 bridgehead atoms.